The van der Waals surface area contributed by atoms with Gasteiger partial charge in [0.15, 0.2) is 0 Å². The van der Waals surface area contributed by atoms with Crippen LogP contribution in [0.25, 0.3) is 0 Å². The highest BCUT2D eigenvalue weighted by Crippen LogP contribution is 2.32. The largest absolute Gasteiger partial charge is 0.497 e. The van der Waals surface area contributed by atoms with Crippen LogP contribution in [-0.4, -0.2) is 33.1 Å². The van der Waals surface area contributed by atoms with Crippen molar-refractivity contribution in [1.29, 1.82) is 0 Å². The first-order valence-corrected chi connectivity index (χ1v) is 9.56. The van der Waals surface area contributed by atoms with E-state index in [4.69, 9.17) is 9.47 Å². The Bertz CT molecular complexity index is 868. The normalized spacial score (nSPS) is 12.2. The fourth-order valence-electron chi connectivity index (χ4n) is 2.83. The molecule has 2 aromatic heterocycles. The number of hydrogen-bond acceptors (Lipinski definition) is 7. The maximum absolute atomic E-state index is 5.43. The zero-order valence-corrected chi connectivity index (χ0v) is 17.1. The SMILES string of the molecule is COc1cc(OC)cc([C@@H](Nc2nc(CC(C)C)ns2)c2nccn2C)c1. The minimum absolute atomic E-state index is 0.214. The number of aryl methyl sites for hydroxylation is 1. The standard InChI is InChI=1S/C19H25N5O2S/c1-12(2)8-16-21-19(27-23-16)22-17(18-20-6-7-24(18)3)13-9-14(25-4)11-15(10-13)26-5/h6-7,9-12,17H,8H2,1-5H3,(H,21,22,23)/t17-/m1/s1. The van der Waals surface area contributed by atoms with Gasteiger partial charge in [0.05, 0.1) is 14.2 Å². The van der Waals surface area contributed by atoms with Crippen LogP contribution in [0.4, 0.5) is 5.13 Å². The van der Waals surface area contributed by atoms with Crippen LogP contribution in [0.2, 0.25) is 0 Å². The fourth-order valence-corrected chi connectivity index (χ4v) is 3.46. The number of hydrogen-bond donors (Lipinski definition) is 1. The van der Waals surface area contributed by atoms with Gasteiger partial charge in [-0.25, -0.2) is 9.97 Å². The van der Waals surface area contributed by atoms with E-state index in [9.17, 15) is 0 Å². The molecule has 0 saturated carbocycles. The predicted molar refractivity (Wildman–Crippen MR) is 107 cm³/mol. The van der Waals surface area contributed by atoms with Crippen molar-refractivity contribution in [2.45, 2.75) is 26.3 Å². The Balaban J connectivity index is 1.98. The molecule has 144 valence electrons. The molecule has 1 aromatic carbocycles. The molecule has 0 aliphatic carbocycles. The minimum Gasteiger partial charge on any atom is -0.497 e. The van der Waals surface area contributed by atoms with Crippen LogP contribution < -0.4 is 14.8 Å². The van der Waals surface area contributed by atoms with Crippen LogP contribution in [0, 0.1) is 5.92 Å². The summed E-state index contributed by atoms with van der Waals surface area (Å²) < 4.78 is 17.3. The molecule has 7 nitrogen and oxygen atoms in total. The minimum atomic E-state index is -0.214. The van der Waals surface area contributed by atoms with Crippen LogP contribution in [0.5, 0.6) is 11.5 Å². The van der Waals surface area contributed by atoms with Crippen molar-refractivity contribution < 1.29 is 9.47 Å². The van der Waals surface area contributed by atoms with Crippen molar-refractivity contribution in [3.8, 4) is 11.5 Å². The second-order valence-corrected chi connectivity index (χ2v) is 7.49. The number of ether oxygens (including phenoxy) is 2. The summed E-state index contributed by atoms with van der Waals surface area (Å²) in [6, 6.07) is 5.59. The molecule has 0 spiro atoms. The molecule has 0 radical (unpaired) electrons. The van der Waals surface area contributed by atoms with Crippen molar-refractivity contribution in [2.24, 2.45) is 13.0 Å². The van der Waals surface area contributed by atoms with Gasteiger partial charge in [0.2, 0.25) is 5.13 Å². The molecule has 1 atom stereocenters. The van der Waals surface area contributed by atoms with Crippen LogP contribution in [0.3, 0.4) is 0 Å². The lowest BCUT2D eigenvalue weighted by molar-refractivity contribution is 0.393. The molecule has 0 saturated heterocycles. The third-order valence-corrected chi connectivity index (χ3v) is 4.83. The maximum Gasteiger partial charge on any atom is 0.203 e. The van der Waals surface area contributed by atoms with E-state index < -0.39 is 0 Å². The molecule has 3 rings (SSSR count). The lowest BCUT2D eigenvalue weighted by Gasteiger charge is -2.20. The van der Waals surface area contributed by atoms with Crippen molar-refractivity contribution in [2.75, 3.05) is 19.5 Å². The van der Waals surface area contributed by atoms with Crippen molar-refractivity contribution in [3.05, 3.63) is 47.8 Å². The lowest BCUT2D eigenvalue weighted by atomic mass is 10.1. The predicted octanol–water partition coefficient (Wildman–Crippen LogP) is 3.69. The van der Waals surface area contributed by atoms with Gasteiger partial charge in [-0.3, -0.25) is 0 Å². The molecule has 1 N–H and O–H groups in total. The Morgan fingerprint density at radius 2 is 1.85 bits per heavy atom. The number of methoxy groups -OCH3 is 2. The van der Waals surface area contributed by atoms with Gasteiger partial charge in [-0.1, -0.05) is 13.8 Å². The van der Waals surface area contributed by atoms with Gasteiger partial charge in [-0.2, -0.15) is 4.37 Å². The zero-order chi connectivity index (χ0) is 19.4. The second kappa shape index (κ2) is 8.39. The highest BCUT2D eigenvalue weighted by atomic mass is 32.1. The van der Waals surface area contributed by atoms with E-state index in [-0.39, 0.29) is 6.04 Å². The number of aromatic nitrogens is 4. The van der Waals surface area contributed by atoms with Crippen molar-refractivity contribution >= 4 is 16.7 Å². The van der Waals surface area contributed by atoms with E-state index in [2.05, 4.69) is 33.5 Å². The Morgan fingerprint density at radius 3 is 2.41 bits per heavy atom. The Morgan fingerprint density at radius 1 is 1.15 bits per heavy atom. The summed E-state index contributed by atoms with van der Waals surface area (Å²) >= 11 is 1.37. The summed E-state index contributed by atoms with van der Waals surface area (Å²) in [6.07, 6.45) is 4.57. The Hall–Kier alpha value is -2.61. The molecule has 0 amide bonds. The van der Waals surface area contributed by atoms with Crippen LogP contribution in [0.1, 0.15) is 37.1 Å². The number of imidazole rings is 1. The van der Waals surface area contributed by atoms with E-state index in [1.54, 1.807) is 20.4 Å². The molecule has 2 heterocycles. The average Bonchev–Trinajstić information content (AvgIpc) is 3.27. The molecule has 0 aliphatic rings. The number of nitrogens with one attached hydrogen (secondary N) is 1. The highest BCUT2D eigenvalue weighted by Gasteiger charge is 2.22. The molecule has 27 heavy (non-hydrogen) atoms. The van der Waals surface area contributed by atoms with E-state index in [0.29, 0.717) is 5.92 Å². The van der Waals surface area contributed by atoms with Gasteiger partial charge in [-0.15, -0.1) is 0 Å². The average molecular weight is 388 g/mol. The smallest absolute Gasteiger partial charge is 0.203 e. The topological polar surface area (TPSA) is 74.1 Å². The summed E-state index contributed by atoms with van der Waals surface area (Å²) in [7, 11) is 5.26. The summed E-state index contributed by atoms with van der Waals surface area (Å²) in [4.78, 5) is 9.17. The summed E-state index contributed by atoms with van der Waals surface area (Å²) in [6.45, 7) is 4.32. The molecular formula is C19H25N5O2S. The number of anilines is 1. The number of rotatable bonds is 8. The first-order chi connectivity index (χ1) is 13.0. The summed E-state index contributed by atoms with van der Waals surface area (Å²) in [5.74, 6) is 3.69. The second-order valence-electron chi connectivity index (χ2n) is 6.73. The van der Waals surface area contributed by atoms with Crippen molar-refractivity contribution in [3.63, 3.8) is 0 Å². The summed E-state index contributed by atoms with van der Waals surface area (Å²) in [5.41, 5.74) is 0.973. The molecule has 3 aromatic rings. The number of nitrogens with zero attached hydrogens (tertiary/aromatic N) is 4. The van der Waals surface area contributed by atoms with Crippen molar-refractivity contribution in [1.82, 2.24) is 18.9 Å². The van der Waals surface area contributed by atoms with Crippen LogP contribution in [0.15, 0.2) is 30.6 Å². The third-order valence-electron chi connectivity index (χ3n) is 4.15. The maximum atomic E-state index is 5.43. The number of benzene rings is 1. The fraction of sp³-hybridized carbons (Fsp3) is 0.421. The zero-order valence-electron chi connectivity index (χ0n) is 16.3. The van der Waals surface area contributed by atoms with E-state index in [1.165, 1.54) is 11.5 Å². The van der Waals surface area contributed by atoms with Gasteiger partial charge < -0.3 is 19.4 Å². The van der Waals surface area contributed by atoms with E-state index in [0.717, 1.165) is 40.3 Å². The van der Waals surface area contributed by atoms with Crippen LogP contribution in [-0.2, 0) is 13.5 Å². The lowest BCUT2D eigenvalue weighted by Crippen LogP contribution is -2.17. The monoisotopic (exact) mass is 387 g/mol. The first-order valence-electron chi connectivity index (χ1n) is 8.79. The first kappa shape index (κ1) is 19.2. The van der Waals surface area contributed by atoms with Gasteiger partial charge in [-0.05, 0) is 23.6 Å². The van der Waals surface area contributed by atoms with Gasteiger partial charge in [0.25, 0.3) is 0 Å². The molecule has 0 fully saturated rings. The van der Waals surface area contributed by atoms with Gasteiger partial charge in [0.1, 0.15) is 29.2 Å². The highest BCUT2D eigenvalue weighted by molar-refractivity contribution is 7.09. The van der Waals surface area contributed by atoms with E-state index in [1.807, 2.05) is 36.0 Å². The Labute approximate surface area is 163 Å². The molecule has 0 bridgehead atoms. The molecule has 0 aliphatic heterocycles. The quantitative estimate of drug-likeness (QED) is 0.635. The Kier molecular flexibility index (Phi) is 5.95. The summed E-state index contributed by atoms with van der Waals surface area (Å²) in [5, 5.41) is 4.25. The molecule has 8 heteroatoms. The van der Waals surface area contributed by atoms with E-state index >= 15 is 0 Å². The van der Waals surface area contributed by atoms with Crippen LogP contribution >= 0.6 is 11.5 Å². The van der Waals surface area contributed by atoms with Gasteiger partial charge in [0, 0.05) is 43.5 Å². The van der Waals surface area contributed by atoms with Gasteiger partial charge >= 0.3 is 0 Å². The third kappa shape index (κ3) is 4.57. The molecule has 0 unspecified atom stereocenters. The molecular weight excluding hydrogens is 362 g/mol.